The molecule has 7 nitrogen and oxygen atoms in total. The first-order valence-electron chi connectivity index (χ1n) is 10.6. The summed E-state index contributed by atoms with van der Waals surface area (Å²) in [6.45, 7) is 15.6. The maximum atomic E-state index is 12.2. The maximum Gasteiger partial charge on any atom is 0.410 e. The van der Waals surface area contributed by atoms with Crippen molar-refractivity contribution in [2.45, 2.75) is 65.1 Å². The number of hydrogen-bond donors (Lipinski definition) is 1. The lowest BCUT2D eigenvalue weighted by Crippen LogP contribution is -2.43. The summed E-state index contributed by atoms with van der Waals surface area (Å²) < 4.78 is 5.45. The third-order valence-corrected chi connectivity index (χ3v) is 5.31. The molecular formula is C21H40IN5O2. The number of carbonyl (C=O) groups is 1. The maximum absolute atomic E-state index is 12.2. The van der Waals surface area contributed by atoms with Crippen LogP contribution >= 0.6 is 24.0 Å². The summed E-state index contributed by atoms with van der Waals surface area (Å²) in [6.07, 6.45) is 6.22. The van der Waals surface area contributed by atoms with Crippen LogP contribution < -0.4 is 5.32 Å². The Morgan fingerprint density at radius 2 is 2.00 bits per heavy atom. The van der Waals surface area contributed by atoms with E-state index in [4.69, 9.17) is 9.73 Å². The quantitative estimate of drug-likeness (QED) is 0.252. The molecule has 2 atom stereocenters. The van der Waals surface area contributed by atoms with Crippen LogP contribution in [0.25, 0.3) is 0 Å². The molecule has 0 aromatic heterocycles. The number of halogens is 1. The number of likely N-dealkylation sites (tertiary alicyclic amines) is 1. The van der Waals surface area contributed by atoms with Gasteiger partial charge in [0.1, 0.15) is 5.60 Å². The third kappa shape index (κ3) is 8.32. The van der Waals surface area contributed by atoms with Crippen LogP contribution in [0.3, 0.4) is 0 Å². The first-order valence-corrected chi connectivity index (χ1v) is 10.6. The highest BCUT2D eigenvalue weighted by atomic mass is 127. The number of guanidine groups is 1. The fourth-order valence-corrected chi connectivity index (χ4v) is 3.52. The molecule has 2 heterocycles. The van der Waals surface area contributed by atoms with Gasteiger partial charge in [-0.25, -0.2) is 4.79 Å². The lowest BCUT2D eigenvalue weighted by Gasteiger charge is -2.28. The average Bonchev–Trinajstić information content (AvgIpc) is 3.29. The molecule has 0 saturated carbocycles. The topological polar surface area (TPSA) is 60.4 Å². The SMILES string of the molecule is CCNC(=NCCC(C)N(C)C(=O)OC(C)(C)C)N1CCC(N2CC=CC2)C1.I. The summed E-state index contributed by atoms with van der Waals surface area (Å²) in [5.74, 6) is 0.990. The van der Waals surface area contributed by atoms with Crippen molar-refractivity contribution in [1.82, 2.24) is 20.0 Å². The van der Waals surface area contributed by atoms with Crippen LogP contribution in [0.4, 0.5) is 4.79 Å². The van der Waals surface area contributed by atoms with E-state index in [0.29, 0.717) is 12.6 Å². The van der Waals surface area contributed by atoms with Crippen molar-refractivity contribution < 1.29 is 9.53 Å². The molecule has 1 amide bonds. The number of rotatable bonds is 6. The highest BCUT2D eigenvalue weighted by molar-refractivity contribution is 14.0. The van der Waals surface area contributed by atoms with Crippen LogP contribution in [-0.4, -0.2) is 90.8 Å². The van der Waals surface area contributed by atoms with Crippen molar-refractivity contribution in [1.29, 1.82) is 0 Å². The highest BCUT2D eigenvalue weighted by Gasteiger charge is 2.29. The lowest BCUT2D eigenvalue weighted by atomic mass is 10.2. The Morgan fingerprint density at radius 1 is 1.34 bits per heavy atom. The average molecular weight is 521 g/mol. The molecule has 1 N–H and O–H groups in total. The normalized spacial score (nSPS) is 21.1. The van der Waals surface area contributed by atoms with Crippen molar-refractivity contribution in [3.05, 3.63) is 12.2 Å². The molecule has 1 fully saturated rings. The van der Waals surface area contributed by atoms with E-state index in [0.717, 1.165) is 45.1 Å². The van der Waals surface area contributed by atoms with Crippen LogP contribution in [0.1, 0.15) is 47.5 Å². The molecule has 0 aliphatic carbocycles. The summed E-state index contributed by atoms with van der Waals surface area (Å²) in [6, 6.07) is 0.680. The Bertz CT molecular complexity index is 568. The number of nitrogens with one attached hydrogen (secondary N) is 1. The molecule has 0 bridgehead atoms. The van der Waals surface area contributed by atoms with Crippen LogP contribution in [0.2, 0.25) is 0 Å². The van der Waals surface area contributed by atoms with Gasteiger partial charge >= 0.3 is 6.09 Å². The van der Waals surface area contributed by atoms with Crippen LogP contribution in [0.5, 0.6) is 0 Å². The molecule has 168 valence electrons. The number of aliphatic imine (C=N–C) groups is 1. The number of hydrogen-bond acceptors (Lipinski definition) is 4. The summed E-state index contributed by atoms with van der Waals surface area (Å²) in [5.41, 5.74) is -0.474. The van der Waals surface area contributed by atoms with Crippen molar-refractivity contribution in [3.63, 3.8) is 0 Å². The molecule has 0 aromatic rings. The van der Waals surface area contributed by atoms with E-state index in [1.807, 2.05) is 27.7 Å². The van der Waals surface area contributed by atoms with E-state index >= 15 is 0 Å². The molecule has 0 aromatic carbocycles. The van der Waals surface area contributed by atoms with Gasteiger partial charge in [-0.3, -0.25) is 9.89 Å². The molecule has 2 unspecified atom stereocenters. The number of amides is 1. The van der Waals surface area contributed by atoms with Crippen molar-refractivity contribution in [2.24, 2.45) is 4.99 Å². The van der Waals surface area contributed by atoms with E-state index in [2.05, 4.69) is 34.2 Å². The van der Waals surface area contributed by atoms with Gasteiger partial charge in [-0.05, 0) is 47.5 Å². The Hall–Kier alpha value is -1.03. The van der Waals surface area contributed by atoms with Crippen molar-refractivity contribution in [3.8, 4) is 0 Å². The zero-order chi connectivity index (χ0) is 20.7. The molecule has 0 radical (unpaired) electrons. The Kier molecular flexibility index (Phi) is 10.7. The van der Waals surface area contributed by atoms with Gasteiger partial charge in [0.05, 0.1) is 0 Å². The minimum absolute atomic E-state index is 0. The summed E-state index contributed by atoms with van der Waals surface area (Å²) >= 11 is 0. The Balaban J connectivity index is 0.00000420. The van der Waals surface area contributed by atoms with Crippen molar-refractivity contribution in [2.75, 3.05) is 46.3 Å². The third-order valence-electron chi connectivity index (χ3n) is 5.31. The molecular weight excluding hydrogens is 481 g/mol. The number of ether oxygens (including phenoxy) is 1. The zero-order valence-electron chi connectivity index (χ0n) is 19.0. The first-order chi connectivity index (χ1) is 13.2. The second-order valence-corrected chi connectivity index (χ2v) is 8.78. The second-order valence-electron chi connectivity index (χ2n) is 8.78. The molecule has 1 saturated heterocycles. The fraction of sp³-hybridized carbons (Fsp3) is 0.810. The van der Waals surface area contributed by atoms with E-state index in [9.17, 15) is 4.79 Å². The molecule has 0 spiro atoms. The van der Waals surface area contributed by atoms with E-state index < -0.39 is 5.60 Å². The van der Waals surface area contributed by atoms with Gasteiger partial charge in [0.15, 0.2) is 5.96 Å². The highest BCUT2D eigenvalue weighted by Crippen LogP contribution is 2.18. The predicted octanol–water partition coefficient (Wildman–Crippen LogP) is 3.16. The van der Waals surface area contributed by atoms with E-state index in [1.54, 1.807) is 11.9 Å². The fourth-order valence-electron chi connectivity index (χ4n) is 3.52. The minimum Gasteiger partial charge on any atom is -0.444 e. The van der Waals surface area contributed by atoms with E-state index in [1.165, 1.54) is 6.42 Å². The van der Waals surface area contributed by atoms with Gasteiger partial charge in [0.25, 0.3) is 0 Å². The van der Waals surface area contributed by atoms with Gasteiger partial charge in [-0.15, -0.1) is 24.0 Å². The summed E-state index contributed by atoms with van der Waals surface area (Å²) in [5, 5.41) is 3.43. The minimum atomic E-state index is -0.474. The Labute approximate surface area is 193 Å². The van der Waals surface area contributed by atoms with Gasteiger partial charge in [0, 0.05) is 58.4 Å². The predicted molar refractivity (Wildman–Crippen MR) is 130 cm³/mol. The smallest absolute Gasteiger partial charge is 0.410 e. The molecule has 2 aliphatic heterocycles. The lowest BCUT2D eigenvalue weighted by molar-refractivity contribution is 0.0231. The summed E-state index contributed by atoms with van der Waals surface area (Å²) in [7, 11) is 1.79. The largest absolute Gasteiger partial charge is 0.444 e. The second kappa shape index (κ2) is 12.0. The van der Waals surface area contributed by atoms with Gasteiger partial charge < -0.3 is 19.9 Å². The monoisotopic (exact) mass is 521 g/mol. The first kappa shape index (κ1) is 26.0. The molecule has 8 heteroatoms. The van der Waals surface area contributed by atoms with Crippen LogP contribution in [0.15, 0.2) is 17.1 Å². The molecule has 2 rings (SSSR count). The van der Waals surface area contributed by atoms with Gasteiger partial charge in [0.2, 0.25) is 0 Å². The summed E-state index contributed by atoms with van der Waals surface area (Å²) in [4.78, 5) is 23.6. The molecule has 29 heavy (non-hydrogen) atoms. The van der Waals surface area contributed by atoms with Crippen LogP contribution in [0, 0.1) is 0 Å². The Morgan fingerprint density at radius 3 is 2.59 bits per heavy atom. The van der Waals surface area contributed by atoms with Gasteiger partial charge in [-0.2, -0.15) is 0 Å². The number of nitrogens with zero attached hydrogens (tertiary/aromatic N) is 4. The molecule has 2 aliphatic rings. The van der Waals surface area contributed by atoms with Crippen molar-refractivity contribution >= 4 is 36.0 Å². The zero-order valence-corrected chi connectivity index (χ0v) is 21.3. The standard InChI is InChI=1S/C21H39N5O2.HI/c1-7-22-19(26-15-11-18(16-26)25-13-8-9-14-25)23-12-10-17(2)24(6)20(27)28-21(3,4)5;/h8-9,17-18H,7,10-16H2,1-6H3,(H,22,23);1H. The van der Waals surface area contributed by atoms with Crippen LogP contribution in [-0.2, 0) is 4.74 Å². The van der Waals surface area contributed by atoms with Gasteiger partial charge in [-0.1, -0.05) is 12.2 Å². The van der Waals surface area contributed by atoms with E-state index in [-0.39, 0.29) is 36.1 Å². The number of carbonyl (C=O) groups excluding carboxylic acids is 1.